The first-order valence-corrected chi connectivity index (χ1v) is 0.894. The van der Waals surface area contributed by atoms with E-state index in [1.165, 1.54) is 5.40 Å². The molecule has 0 unspecified atom stereocenters. The third-order valence-electron chi connectivity index (χ3n) is 0. The first kappa shape index (κ1) is 15.7. The molecule has 5 heavy (non-hydrogen) atoms. The van der Waals surface area contributed by atoms with Crippen LogP contribution in [0.5, 0.6) is 0 Å². The van der Waals surface area contributed by atoms with Crippen LogP contribution in [0, 0.1) is 10.7 Å². The van der Waals surface area contributed by atoms with Crippen LogP contribution in [0.25, 0.3) is 0 Å². The Morgan fingerprint density at radius 1 is 1.60 bits per heavy atom. The summed E-state index contributed by atoms with van der Waals surface area (Å²) in [5, 5.41) is 8.63. The Kier molecular flexibility index (Phi) is 49.3. The maximum absolute atomic E-state index is 7.18. The number of hydrogen-bond acceptors (Lipinski definition) is 2. The summed E-state index contributed by atoms with van der Waals surface area (Å²) in [5.41, 5.74) is 0. The molecule has 0 spiro atoms. The van der Waals surface area contributed by atoms with E-state index in [1.54, 1.807) is 0 Å². The zero-order valence-electron chi connectivity index (χ0n) is 5.39. The fourth-order valence-electron chi connectivity index (χ4n) is 0. The topological polar surface area (TPSA) is 23.8 Å². The summed E-state index contributed by atoms with van der Waals surface area (Å²) in [6, 6.07) is 0. The molecule has 0 aromatic rings. The summed E-state index contributed by atoms with van der Waals surface area (Å²) in [6.45, 7) is 0. The van der Waals surface area contributed by atoms with Crippen molar-refractivity contribution in [2.45, 2.75) is 0 Å². The van der Waals surface area contributed by atoms with Gasteiger partial charge in [-0.15, -0.1) is 0 Å². The minimum absolute atomic E-state index is 0. The van der Waals surface area contributed by atoms with Crippen LogP contribution in [0.3, 0.4) is 0 Å². The number of rotatable bonds is 0. The van der Waals surface area contributed by atoms with E-state index in [0.717, 1.165) is 0 Å². The molecule has 0 radical (unpaired) electrons. The predicted molar refractivity (Wildman–Crippen MR) is 16.8 cm³/mol. The van der Waals surface area contributed by atoms with Crippen LogP contribution in [-0.2, 0) is 0 Å². The maximum atomic E-state index is 7.18. The number of hydrogen-bond donors (Lipinski definition) is 1. The second kappa shape index (κ2) is 15.7. The Labute approximate surface area is 125 Å². The molecule has 0 atom stereocenters. The quantitative estimate of drug-likeness (QED) is 0.202. The molecular formula is CH3K2NS. The van der Waals surface area contributed by atoms with Crippen molar-refractivity contribution in [3.63, 3.8) is 0 Å². The van der Waals surface area contributed by atoms with E-state index in [9.17, 15) is 0 Å². The molecule has 0 fully saturated rings. The van der Waals surface area contributed by atoms with Crippen molar-refractivity contribution in [3.05, 3.63) is 0 Å². The monoisotopic (exact) mass is 139 g/mol. The normalized spacial score (nSPS) is 1.60. The van der Waals surface area contributed by atoms with Gasteiger partial charge in [-0.05, 0) is 0 Å². The molecule has 20 valence electrons. The molecule has 0 saturated carbocycles. The zero-order chi connectivity index (χ0) is 2.71. The van der Waals surface area contributed by atoms with E-state index in [0.29, 0.717) is 0 Å². The van der Waals surface area contributed by atoms with Crippen LogP contribution in [0.4, 0.5) is 0 Å². The minimum atomic E-state index is 0. The summed E-state index contributed by atoms with van der Waals surface area (Å²) in [4.78, 5) is 0. The molecular weight excluding hydrogens is 136 g/mol. The molecule has 0 aliphatic rings. The number of thiocyanates is 1. The van der Waals surface area contributed by atoms with Gasteiger partial charge in [-0.1, -0.05) is 12.6 Å². The van der Waals surface area contributed by atoms with Crippen LogP contribution < -0.4 is 103 Å². The Morgan fingerprint density at radius 3 is 1.60 bits per heavy atom. The first-order valence-electron chi connectivity index (χ1n) is 0.447. The zero-order valence-corrected chi connectivity index (χ0v) is 10.5. The van der Waals surface area contributed by atoms with Crippen molar-refractivity contribution < 1.29 is 106 Å². The van der Waals surface area contributed by atoms with E-state index in [4.69, 9.17) is 5.26 Å². The van der Waals surface area contributed by atoms with E-state index in [1.807, 2.05) is 0 Å². The SMILES string of the molecule is N#CS.[H-].[H-].[K+].[K+]. The van der Waals surface area contributed by atoms with Gasteiger partial charge in [-0.3, -0.25) is 0 Å². The fourth-order valence-corrected chi connectivity index (χ4v) is 0. The van der Waals surface area contributed by atoms with Gasteiger partial charge >= 0.3 is 103 Å². The third-order valence-corrected chi connectivity index (χ3v) is 0. The summed E-state index contributed by atoms with van der Waals surface area (Å²) < 4.78 is 0. The Morgan fingerprint density at radius 2 is 1.60 bits per heavy atom. The van der Waals surface area contributed by atoms with Crippen LogP contribution in [-0.4, -0.2) is 0 Å². The summed E-state index contributed by atoms with van der Waals surface area (Å²) >= 11 is 3.09. The Balaban J connectivity index is -0.00000000333. The molecule has 0 bridgehead atoms. The van der Waals surface area contributed by atoms with Crippen LogP contribution in [0.15, 0.2) is 0 Å². The summed E-state index contributed by atoms with van der Waals surface area (Å²) in [5.74, 6) is 0. The van der Waals surface area contributed by atoms with Crippen molar-refractivity contribution in [1.29, 1.82) is 5.26 Å². The van der Waals surface area contributed by atoms with Crippen LogP contribution in [0.1, 0.15) is 2.85 Å². The minimum Gasteiger partial charge on any atom is -1.00 e. The van der Waals surface area contributed by atoms with Gasteiger partial charge in [-0.2, -0.15) is 5.26 Å². The fraction of sp³-hybridized carbons (Fsp3) is 0. The second-order valence-electron chi connectivity index (χ2n) is 0.100. The second-order valence-corrected chi connectivity index (χ2v) is 0.300. The molecule has 0 amide bonds. The van der Waals surface area contributed by atoms with E-state index in [2.05, 4.69) is 12.6 Å². The van der Waals surface area contributed by atoms with Crippen molar-refractivity contribution >= 4 is 12.6 Å². The number of thiol groups is 1. The van der Waals surface area contributed by atoms with Gasteiger partial charge in [0.1, 0.15) is 5.40 Å². The van der Waals surface area contributed by atoms with Gasteiger partial charge < -0.3 is 2.85 Å². The standard InChI is InChI=1S/CHNS.2K.2H/c2-1-3;;;;/h3H;;;;/q;2*+1;2*-1. The molecule has 4 heteroatoms. The van der Waals surface area contributed by atoms with Gasteiger partial charge in [0.15, 0.2) is 0 Å². The Bertz CT molecular complexity index is 37.2. The van der Waals surface area contributed by atoms with Crippen LogP contribution in [0.2, 0.25) is 0 Å². The number of nitriles is 1. The molecule has 0 aliphatic heterocycles. The van der Waals surface area contributed by atoms with E-state index >= 15 is 0 Å². The smallest absolute Gasteiger partial charge is 1.00 e. The molecule has 0 heterocycles. The average Bonchev–Trinajstić information content (AvgIpc) is 0.918. The van der Waals surface area contributed by atoms with Gasteiger partial charge in [0.05, 0.1) is 0 Å². The predicted octanol–water partition coefficient (Wildman–Crippen LogP) is -5.37. The molecule has 0 N–H and O–H groups in total. The van der Waals surface area contributed by atoms with Gasteiger partial charge in [0, 0.05) is 0 Å². The van der Waals surface area contributed by atoms with Crippen molar-refractivity contribution in [3.8, 4) is 5.40 Å². The Hall–Kier alpha value is 3.11. The first-order chi connectivity index (χ1) is 1.41. The molecule has 1 nitrogen and oxygen atoms in total. The molecule has 0 saturated heterocycles. The third kappa shape index (κ3) is 19.2. The summed E-state index contributed by atoms with van der Waals surface area (Å²) in [6.07, 6.45) is 0. The molecule has 0 aliphatic carbocycles. The summed E-state index contributed by atoms with van der Waals surface area (Å²) in [7, 11) is 0. The molecule has 0 rings (SSSR count). The van der Waals surface area contributed by atoms with Crippen molar-refractivity contribution in [1.82, 2.24) is 0 Å². The number of nitrogens with zero attached hydrogens (tertiary/aromatic N) is 1. The largest absolute Gasteiger partial charge is 1.00 e. The van der Waals surface area contributed by atoms with Crippen molar-refractivity contribution in [2.75, 3.05) is 0 Å². The molecule has 0 aromatic heterocycles. The van der Waals surface area contributed by atoms with Gasteiger partial charge in [0.25, 0.3) is 0 Å². The van der Waals surface area contributed by atoms with E-state index < -0.39 is 0 Å². The molecule has 0 aromatic carbocycles. The van der Waals surface area contributed by atoms with Crippen molar-refractivity contribution in [2.24, 2.45) is 0 Å². The van der Waals surface area contributed by atoms with Gasteiger partial charge in [-0.25, -0.2) is 0 Å². The average molecular weight is 139 g/mol. The maximum Gasteiger partial charge on any atom is 1.00 e. The van der Waals surface area contributed by atoms with Gasteiger partial charge in [0.2, 0.25) is 0 Å². The van der Waals surface area contributed by atoms with Crippen LogP contribution >= 0.6 is 12.6 Å². The van der Waals surface area contributed by atoms with E-state index in [-0.39, 0.29) is 106 Å².